The van der Waals surface area contributed by atoms with Crippen molar-refractivity contribution < 1.29 is 9.53 Å². The number of amides is 1. The summed E-state index contributed by atoms with van der Waals surface area (Å²) in [6.45, 7) is 2.08. The van der Waals surface area contributed by atoms with Crippen LogP contribution in [-0.2, 0) is 6.42 Å². The van der Waals surface area contributed by atoms with Crippen molar-refractivity contribution in [2.75, 3.05) is 18.2 Å². The van der Waals surface area contributed by atoms with Crippen molar-refractivity contribution in [1.29, 1.82) is 0 Å². The minimum Gasteiger partial charge on any atom is -0.496 e. The fourth-order valence-electron chi connectivity index (χ4n) is 1.91. The highest BCUT2D eigenvalue weighted by atomic mass is 16.5. The van der Waals surface area contributed by atoms with Gasteiger partial charge in [0.15, 0.2) is 5.82 Å². The molecule has 0 saturated heterocycles. The summed E-state index contributed by atoms with van der Waals surface area (Å²) >= 11 is 0. The Hall–Kier alpha value is -2.50. The van der Waals surface area contributed by atoms with E-state index >= 15 is 0 Å². The number of nitrogens with zero attached hydrogens (tertiary/aromatic N) is 1. The van der Waals surface area contributed by atoms with Gasteiger partial charge in [-0.3, -0.25) is 9.89 Å². The number of H-pyrrole nitrogens is 1. The molecule has 6 heteroatoms. The highest BCUT2D eigenvalue weighted by molar-refractivity contribution is 6.06. The average Bonchev–Trinajstić information content (AvgIpc) is 2.86. The molecule has 0 saturated carbocycles. The number of hydrogen-bond acceptors (Lipinski definition) is 4. The van der Waals surface area contributed by atoms with E-state index in [1.165, 1.54) is 7.11 Å². The molecule has 0 bridgehead atoms. The fraction of sp³-hybridized carbons (Fsp3) is 0.286. The van der Waals surface area contributed by atoms with E-state index in [0.29, 0.717) is 22.8 Å². The van der Waals surface area contributed by atoms with Crippen LogP contribution < -0.4 is 15.8 Å². The molecular weight excluding hydrogens is 256 g/mol. The predicted molar refractivity (Wildman–Crippen MR) is 77.9 cm³/mol. The number of carbonyl (C=O) groups is 1. The number of aromatic amines is 1. The maximum atomic E-state index is 12.2. The largest absolute Gasteiger partial charge is 0.496 e. The summed E-state index contributed by atoms with van der Waals surface area (Å²) in [6.07, 6.45) is 1.91. The van der Waals surface area contributed by atoms with E-state index in [0.717, 1.165) is 18.5 Å². The van der Waals surface area contributed by atoms with Crippen molar-refractivity contribution in [2.45, 2.75) is 19.8 Å². The van der Waals surface area contributed by atoms with Gasteiger partial charge in [-0.2, -0.15) is 5.10 Å². The molecule has 0 aliphatic heterocycles. The van der Waals surface area contributed by atoms with Crippen LogP contribution in [0.4, 0.5) is 11.5 Å². The second-order valence-electron chi connectivity index (χ2n) is 4.44. The number of carbonyl (C=O) groups excluding carboxylic acids is 1. The van der Waals surface area contributed by atoms with Gasteiger partial charge in [0, 0.05) is 17.4 Å². The normalized spacial score (nSPS) is 10.3. The van der Waals surface area contributed by atoms with Gasteiger partial charge in [-0.15, -0.1) is 0 Å². The molecule has 20 heavy (non-hydrogen) atoms. The number of aromatic nitrogens is 2. The SMILES string of the molecule is CCCc1cc(NC(=O)c2cc(N)ccc2OC)n[nH]1. The Morgan fingerprint density at radius 1 is 1.45 bits per heavy atom. The van der Waals surface area contributed by atoms with Crippen LogP contribution in [0.15, 0.2) is 24.3 Å². The molecule has 1 heterocycles. The van der Waals surface area contributed by atoms with Crippen LogP contribution in [0.25, 0.3) is 0 Å². The second-order valence-corrected chi connectivity index (χ2v) is 4.44. The summed E-state index contributed by atoms with van der Waals surface area (Å²) in [6, 6.07) is 6.74. The molecule has 2 rings (SSSR count). The third-order valence-electron chi connectivity index (χ3n) is 2.86. The Labute approximate surface area is 117 Å². The van der Waals surface area contributed by atoms with Gasteiger partial charge in [0.05, 0.1) is 12.7 Å². The molecule has 1 aromatic carbocycles. The van der Waals surface area contributed by atoms with Crippen LogP contribution in [0.3, 0.4) is 0 Å². The Kier molecular flexibility index (Phi) is 4.24. The lowest BCUT2D eigenvalue weighted by Crippen LogP contribution is -2.13. The van der Waals surface area contributed by atoms with E-state index in [2.05, 4.69) is 22.4 Å². The zero-order valence-corrected chi connectivity index (χ0v) is 11.6. The lowest BCUT2D eigenvalue weighted by molar-refractivity contribution is 0.102. The molecule has 0 radical (unpaired) electrons. The number of aryl methyl sites for hydroxylation is 1. The third kappa shape index (κ3) is 3.09. The zero-order valence-electron chi connectivity index (χ0n) is 11.6. The van der Waals surface area contributed by atoms with Gasteiger partial charge in [0.1, 0.15) is 5.75 Å². The number of nitrogen functional groups attached to an aromatic ring is 1. The molecule has 0 atom stereocenters. The molecule has 0 aliphatic carbocycles. The monoisotopic (exact) mass is 274 g/mol. The quantitative estimate of drug-likeness (QED) is 0.729. The highest BCUT2D eigenvalue weighted by Gasteiger charge is 2.14. The van der Waals surface area contributed by atoms with E-state index in [-0.39, 0.29) is 5.91 Å². The minimum absolute atomic E-state index is 0.302. The summed E-state index contributed by atoms with van der Waals surface area (Å²) in [5.41, 5.74) is 7.57. The molecule has 0 spiro atoms. The minimum atomic E-state index is -0.302. The topological polar surface area (TPSA) is 93.0 Å². The summed E-state index contributed by atoms with van der Waals surface area (Å²) in [4.78, 5) is 12.2. The number of methoxy groups -OCH3 is 1. The van der Waals surface area contributed by atoms with Gasteiger partial charge in [0.2, 0.25) is 0 Å². The molecule has 0 unspecified atom stereocenters. The molecular formula is C14H18N4O2. The van der Waals surface area contributed by atoms with E-state index < -0.39 is 0 Å². The number of rotatable bonds is 5. The maximum absolute atomic E-state index is 12.2. The lowest BCUT2D eigenvalue weighted by Gasteiger charge is -2.08. The number of nitrogens with one attached hydrogen (secondary N) is 2. The van der Waals surface area contributed by atoms with E-state index in [4.69, 9.17) is 10.5 Å². The lowest BCUT2D eigenvalue weighted by atomic mass is 10.1. The summed E-state index contributed by atoms with van der Waals surface area (Å²) in [7, 11) is 1.51. The van der Waals surface area contributed by atoms with Crippen LogP contribution in [0.5, 0.6) is 5.75 Å². The van der Waals surface area contributed by atoms with Crippen LogP contribution in [0.1, 0.15) is 29.4 Å². The fourth-order valence-corrected chi connectivity index (χ4v) is 1.91. The first-order valence-corrected chi connectivity index (χ1v) is 6.43. The Bertz CT molecular complexity index is 607. The second kappa shape index (κ2) is 6.10. The summed E-state index contributed by atoms with van der Waals surface area (Å²) in [5.74, 6) is 0.660. The van der Waals surface area contributed by atoms with Gasteiger partial charge in [-0.1, -0.05) is 13.3 Å². The number of anilines is 2. The molecule has 1 aromatic heterocycles. The highest BCUT2D eigenvalue weighted by Crippen LogP contribution is 2.22. The van der Waals surface area contributed by atoms with E-state index in [1.54, 1.807) is 18.2 Å². The van der Waals surface area contributed by atoms with Crippen molar-refractivity contribution in [1.82, 2.24) is 10.2 Å². The molecule has 2 aromatic rings. The van der Waals surface area contributed by atoms with E-state index in [9.17, 15) is 4.79 Å². The Morgan fingerprint density at radius 2 is 2.25 bits per heavy atom. The van der Waals surface area contributed by atoms with Crippen LogP contribution in [0.2, 0.25) is 0 Å². The van der Waals surface area contributed by atoms with E-state index in [1.807, 2.05) is 6.07 Å². The van der Waals surface area contributed by atoms with Gasteiger partial charge >= 0.3 is 0 Å². The van der Waals surface area contributed by atoms with Gasteiger partial charge in [-0.05, 0) is 24.6 Å². The Balaban J connectivity index is 2.16. The smallest absolute Gasteiger partial charge is 0.260 e. The molecule has 6 nitrogen and oxygen atoms in total. The standard InChI is InChI=1S/C14H18N4O2/c1-3-4-10-8-13(18-17-10)16-14(19)11-7-9(15)5-6-12(11)20-2/h5-8H,3-4,15H2,1-2H3,(H2,16,17,18,19). The molecule has 4 N–H and O–H groups in total. The van der Waals surface area contributed by atoms with Gasteiger partial charge in [-0.25, -0.2) is 0 Å². The van der Waals surface area contributed by atoms with Crippen molar-refractivity contribution in [3.05, 3.63) is 35.5 Å². The van der Waals surface area contributed by atoms with Crippen LogP contribution in [0, 0.1) is 0 Å². The third-order valence-corrected chi connectivity index (χ3v) is 2.86. The van der Waals surface area contributed by atoms with Gasteiger partial charge in [0.25, 0.3) is 5.91 Å². The zero-order chi connectivity index (χ0) is 14.5. The molecule has 1 amide bonds. The number of hydrogen-bond donors (Lipinski definition) is 3. The number of benzene rings is 1. The van der Waals surface area contributed by atoms with Crippen LogP contribution >= 0.6 is 0 Å². The Morgan fingerprint density at radius 3 is 2.95 bits per heavy atom. The van der Waals surface area contributed by atoms with Crippen molar-refractivity contribution in [3.8, 4) is 5.75 Å². The maximum Gasteiger partial charge on any atom is 0.260 e. The number of nitrogens with two attached hydrogens (primary N) is 1. The van der Waals surface area contributed by atoms with Crippen molar-refractivity contribution >= 4 is 17.4 Å². The van der Waals surface area contributed by atoms with Crippen molar-refractivity contribution in [3.63, 3.8) is 0 Å². The van der Waals surface area contributed by atoms with Gasteiger partial charge < -0.3 is 15.8 Å². The number of ether oxygens (including phenoxy) is 1. The predicted octanol–water partition coefficient (Wildman–Crippen LogP) is 2.21. The summed E-state index contributed by atoms with van der Waals surface area (Å²) < 4.78 is 5.16. The summed E-state index contributed by atoms with van der Waals surface area (Å²) in [5, 5.41) is 9.65. The van der Waals surface area contributed by atoms with Crippen LogP contribution in [-0.4, -0.2) is 23.2 Å². The first kappa shape index (κ1) is 13.9. The molecule has 106 valence electrons. The molecule has 0 aliphatic rings. The molecule has 0 fully saturated rings. The average molecular weight is 274 g/mol. The van der Waals surface area contributed by atoms with Crippen molar-refractivity contribution in [2.24, 2.45) is 0 Å². The first-order valence-electron chi connectivity index (χ1n) is 6.43. The first-order chi connectivity index (χ1) is 9.63.